The summed E-state index contributed by atoms with van der Waals surface area (Å²) >= 11 is 3.10. The van der Waals surface area contributed by atoms with Crippen molar-refractivity contribution >= 4 is 33.5 Å². The molecule has 0 atom stereocenters. The zero-order chi connectivity index (χ0) is 13.8. The first kappa shape index (κ1) is 13.3. The fourth-order valence-electron chi connectivity index (χ4n) is 1.23. The van der Waals surface area contributed by atoms with E-state index in [4.69, 9.17) is 0 Å². The Morgan fingerprint density at radius 2 is 1.89 bits per heavy atom. The topological polar surface area (TPSA) is 66.9 Å². The molecule has 98 valence electrons. The van der Waals surface area contributed by atoms with Gasteiger partial charge in [0.1, 0.15) is 4.60 Å². The summed E-state index contributed by atoms with van der Waals surface area (Å²) in [6, 6.07) is 2.40. The van der Waals surface area contributed by atoms with E-state index in [1.165, 1.54) is 18.5 Å². The van der Waals surface area contributed by atoms with Crippen LogP contribution < -0.4 is 10.6 Å². The standard InChI is InChI=1S/C11H7BrF2N4O/c12-9-4-16-10(5-15-9)18-11(19)17-6-1-2-7(13)8(14)3-6/h1-5H,(H2,16,17,18,19). The zero-order valence-corrected chi connectivity index (χ0v) is 10.9. The third kappa shape index (κ3) is 3.68. The summed E-state index contributed by atoms with van der Waals surface area (Å²) in [7, 11) is 0. The van der Waals surface area contributed by atoms with Gasteiger partial charge in [0.05, 0.1) is 12.4 Å². The van der Waals surface area contributed by atoms with Crippen LogP contribution in [0, 0.1) is 11.6 Å². The van der Waals surface area contributed by atoms with Crippen LogP contribution in [-0.2, 0) is 0 Å². The van der Waals surface area contributed by atoms with Gasteiger partial charge in [-0.2, -0.15) is 0 Å². The molecule has 8 heteroatoms. The second kappa shape index (κ2) is 5.70. The summed E-state index contributed by atoms with van der Waals surface area (Å²) in [5, 5.41) is 4.73. The summed E-state index contributed by atoms with van der Waals surface area (Å²) in [4.78, 5) is 19.3. The number of carbonyl (C=O) groups excluding carboxylic acids is 1. The molecule has 2 N–H and O–H groups in total. The molecule has 0 fully saturated rings. The second-order valence-corrected chi connectivity index (χ2v) is 4.24. The molecular weight excluding hydrogens is 322 g/mol. The van der Waals surface area contributed by atoms with Crippen LogP contribution in [0.4, 0.5) is 25.1 Å². The van der Waals surface area contributed by atoms with Crippen LogP contribution in [0.3, 0.4) is 0 Å². The SMILES string of the molecule is O=C(Nc1ccc(F)c(F)c1)Nc1cnc(Br)cn1. The molecule has 0 aliphatic heterocycles. The predicted octanol–water partition coefficient (Wildman–Crippen LogP) is 3.16. The Kier molecular flexibility index (Phi) is 4.00. The minimum absolute atomic E-state index is 0.126. The lowest BCUT2D eigenvalue weighted by atomic mass is 10.3. The van der Waals surface area contributed by atoms with Crippen LogP contribution in [0.1, 0.15) is 0 Å². The zero-order valence-electron chi connectivity index (χ0n) is 9.32. The molecule has 0 bridgehead atoms. The fourth-order valence-corrected chi connectivity index (χ4v) is 1.43. The van der Waals surface area contributed by atoms with Gasteiger partial charge in [0.2, 0.25) is 0 Å². The molecule has 0 unspecified atom stereocenters. The van der Waals surface area contributed by atoms with Gasteiger partial charge in [0.25, 0.3) is 0 Å². The molecular formula is C11H7BrF2N4O. The number of carbonyl (C=O) groups is 1. The summed E-state index contributed by atoms with van der Waals surface area (Å²) < 4.78 is 26.1. The third-order valence-corrected chi connectivity index (χ3v) is 2.45. The number of hydrogen-bond donors (Lipinski definition) is 2. The van der Waals surface area contributed by atoms with Gasteiger partial charge in [-0.1, -0.05) is 0 Å². The van der Waals surface area contributed by atoms with Gasteiger partial charge in [-0.3, -0.25) is 5.32 Å². The van der Waals surface area contributed by atoms with Gasteiger partial charge in [-0.25, -0.2) is 23.5 Å². The third-order valence-electron chi connectivity index (χ3n) is 2.04. The molecule has 2 amide bonds. The number of benzene rings is 1. The van der Waals surface area contributed by atoms with Crippen molar-refractivity contribution in [3.63, 3.8) is 0 Å². The predicted molar refractivity (Wildman–Crippen MR) is 68.7 cm³/mol. The maximum Gasteiger partial charge on any atom is 0.324 e. The molecule has 0 aliphatic rings. The number of anilines is 2. The Hall–Kier alpha value is -2.09. The van der Waals surface area contributed by atoms with Gasteiger partial charge < -0.3 is 5.32 Å². The Balaban J connectivity index is 2.01. The van der Waals surface area contributed by atoms with Crippen LogP contribution in [0.5, 0.6) is 0 Å². The van der Waals surface area contributed by atoms with Crippen LogP contribution >= 0.6 is 15.9 Å². The minimum Gasteiger partial charge on any atom is -0.308 e. The summed E-state index contributed by atoms with van der Waals surface area (Å²) in [5.41, 5.74) is 0.126. The van der Waals surface area contributed by atoms with Crippen LogP contribution in [0.15, 0.2) is 35.2 Å². The van der Waals surface area contributed by atoms with Crippen molar-refractivity contribution in [1.29, 1.82) is 0 Å². The van der Waals surface area contributed by atoms with Gasteiger partial charge >= 0.3 is 6.03 Å². The highest BCUT2D eigenvalue weighted by Crippen LogP contribution is 2.13. The van der Waals surface area contributed by atoms with Crippen LogP contribution in [-0.4, -0.2) is 16.0 Å². The van der Waals surface area contributed by atoms with E-state index >= 15 is 0 Å². The number of rotatable bonds is 2. The largest absolute Gasteiger partial charge is 0.324 e. The molecule has 1 aromatic carbocycles. The van der Waals surface area contributed by atoms with E-state index in [-0.39, 0.29) is 11.5 Å². The summed E-state index contributed by atoms with van der Waals surface area (Å²) in [5.74, 6) is -1.80. The molecule has 0 radical (unpaired) electrons. The molecule has 0 saturated carbocycles. The van der Waals surface area contributed by atoms with Crippen molar-refractivity contribution in [1.82, 2.24) is 9.97 Å². The smallest absolute Gasteiger partial charge is 0.308 e. The van der Waals surface area contributed by atoms with Crippen LogP contribution in [0.25, 0.3) is 0 Å². The lowest BCUT2D eigenvalue weighted by Crippen LogP contribution is -2.20. The average molecular weight is 329 g/mol. The lowest BCUT2D eigenvalue weighted by molar-refractivity contribution is 0.262. The molecule has 2 rings (SSSR count). The van der Waals surface area contributed by atoms with Gasteiger partial charge in [0, 0.05) is 11.8 Å². The molecule has 0 aliphatic carbocycles. The van der Waals surface area contributed by atoms with E-state index in [0.717, 1.165) is 12.1 Å². The molecule has 0 spiro atoms. The van der Waals surface area contributed by atoms with E-state index in [1.54, 1.807) is 0 Å². The molecule has 2 aromatic rings. The maximum absolute atomic E-state index is 12.9. The number of halogens is 3. The Morgan fingerprint density at radius 1 is 1.11 bits per heavy atom. The molecule has 1 heterocycles. The highest BCUT2D eigenvalue weighted by Gasteiger charge is 2.07. The lowest BCUT2D eigenvalue weighted by Gasteiger charge is -2.06. The summed E-state index contributed by atoms with van der Waals surface area (Å²) in [6.45, 7) is 0. The van der Waals surface area contributed by atoms with Gasteiger partial charge in [0.15, 0.2) is 17.5 Å². The van der Waals surface area contributed by atoms with Crippen molar-refractivity contribution in [3.8, 4) is 0 Å². The van der Waals surface area contributed by atoms with Gasteiger partial charge in [-0.15, -0.1) is 0 Å². The molecule has 0 saturated heterocycles. The van der Waals surface area contributed by atoms with Gasteiger partial charge in [-0.05, 0) is 28.1 Å². The first-order valence-electron chi connectivity index (χ1n) is 5.05. The average Bonchev–Trinajstić information content (AvgIpc) is 2.37. The van der Waals surface area contributed by atoms with Crippen molar-refractivity contribution in [2.75, 3.05) is 10.6 Å². The number of hydrogen-bond acceptors (Lipinski definition) is 3. The first-order chi connectivity index (χ1) is 9.04. The quantitative estimate of drug-likeness (QED) is 0.889. The van der Waals surface area contributed by atoms with E-state index in [1.807, 2.05) is 0 Å². The number of nitrogens with zero attached hydrogens (tertiary/aromatic N) is 2. The van der Waals surface area contributed by atoms with Crippen molar-refractivity contribution in [2.24, 2.45) is 0 Å². The number of aromatic nitrogens is 2. The Morgan fingerprint density at radius 3 is 2.53 bits per heavy atom. The van der Waals surface area contributed by atoms with E-state index < -0.39 is 17.7 Å². The first-order valence-corrected chi connectivity index (χ1v) is 5.84. The molecule has 1 aromatic heterocycles. The Labute approximate surface area is 115 Å². The maximum atomic E-state index is 12.9. The van der Waals surface area contributed by atoms with Crippen molar-refractivity contribution in [2.45, 2.75) is 0 Å². The van der Waals surface area contributed by atoms with Crippen molar-refractivity contribution in [3.05, 3.63) is 46.8 Å². The minimum atomic E-state index is -1.04. The van der Waals surface area contributed by atoms with E-state index in [2.05, 4.69) is 36.5 Å². The van der Waals surface area contributed by atoms with E-state index in [0.29, 0.717) is 4.60 Å². The number of amides is 2. The second-order valence-electron chi connectivity index (χ2n) is 3.43. The Bertz CT molecular complexity index is 606. The van der Waals surface area contributed by atoms with Crippen molar-refractivity contribution < 1.29 is 13.6 Å². The number of nitrogens with one attached hydrogen (secondary N) is 2. The highest BCUT2D eigenvalue weighted by molar-refractivity contribution is 9.10. The number of urea groups is 1. The molecule has 19 heavy (non-hydrogen) atoms. The fraction of sp³-hybridized carbons (Fsp3) is 0. The highest BCUT2D eigenvalue weighted by atomic mass is 79.9. The van der Waals surface area contributed by atoms with E-state index in [9.17, 15) is 13.6 Å². The van der Waals surface area contributed by atoms with Crippen LogP contribution in [0.2, 0.25) is 0 Å². The monoisotopic (exact) mass is 328 g/mol. The normalized spacial score (nSPS) is 10.1. The molecule has 5 nitrogen and oxygen atoms in total. The summed E-state index contributed by atoms with van der Waals surface area (Å²) in [6.07, 6.45) is 2.75.